The van der Waals surface area contributed by atoms with Crippen molar-refractivity contribution in [3.05, 3.63) is 70.1 Å². The molecular weight excluding hydrogens is 520 g/mol. The van der Waals surface area contributed by atoms with Crippen LogP contribution < -0.4 is 21.4 Å². The Kier molecular flexibility index (Phi) is 8.14. The first-order valence-corrected chi connectivity index (χ1v) is 13.8. The first-order chi connectivity index (χ1) is 19.9. The van der Waals surface area contributed by atoms with Crippen molar-refractivity contribution in [3.8, 4) is 17.0 Å². The predicted octanol–water partition coefficient (Wildman–Crippen LogP) is 4.42. The Labute approximate surface area is 237 Å². The van der Waals surface area contributed by atoms with Gasteiger partial charge in [0.15, 0.2) is 22.7 Å². The van der Waals surface area contributed by atoms with E-state index in [2.05, 4.69) is 42.8 Å². The summed E-state index contributed by atoms with van der Waals surface area (Å²) in [5, 5.41) is 20.3. The molecule has 0 unspecified atom stereocenters. The highest BCUT2D eigenvalue weighted by Crippen LogP contribution is 2.27. The number of hydrogen-bond donors (Lipinski definition) is 5. The molecule has 0 atom stereocenters. The third-order valence-corrected chi connectivity index (χ3v) is 6.85. The molecule has 41 heavy (non-hydrogen) atoms. The van der Waals surface area contributed by atoms with E-state index in [1.54, 1.807) is 24.5 Å². The summed E-state index contributed by atoms with van der Waals surface area (Å²) in [7, 11) is 0. The quantitative estimate of drug-likeness (QED) is 0.151. The van der Waals surface area contributed by atoms with Crippen LogP contribution >= 0.6 is 0 Å². The number of hydrogen-bond acceptors (Lipinski definition) is 8. The number of nitrogens with zero attached hydrogens (tertiary/aromatic N) is 4. The molecule has 0 fully saturated rings. The van der Waals surface area contributed by atoms with Gasteiger partial charge < -0.3 is 30.6 Å². The zero-order chi connectivity index (χ0) is 28.9. The monoisotopic (exact) mass is 554 g/mol. The van der Waals surface area contributed by atoms with Gasteiger partial charge in [0.1, 0.15) is 0 Å². The number of imidazole rings is 1. The average molecular weight is 555 g/mol. The number of pyridine rings is 1. The summed E-state index contributed by atoms with van der Waals surface area (Å²) in [5.74, 6) is 0.603. The molecule has 0 bridgehead atoms. The molecule has 0 radical (unpaired) electrons. The molecule has 0 aliphatic carbocycles. The predicted molar refractivity (Wildman–Crippen MR) is 162 cm³/mol. The Morgan fingerprint density at radius 2 is 1.83 bits per heavy atom. The van der Waals surface area contributed by atoms with Crippen molar-refractivity contribution in [1.29, 1.82) is 0 Å². The highest BCUT2D eigenvalue weighted by atomic mass is 16.3. The van der Waals surface area contributed by atoms with Crippen molar-refractivity contribution >= 4 is 39.7 Å². The first-order valence-electron chi connectivity index (χ1n) is 13.8. The molecule has 0 spiro atoms. The fraction of sp³-hybridized carbons (Fsp3) is 0.300. The number of carbonyl (C=O) groups excluding carboxylic acids is 1. The number of aromatic amines is 1. The molecule has 1 amide bonds. The van der Waals surface area contributed by atoms with Crippen molar-refractivity contribution in [2.24, 2.45) is 0 Å². The number of benzene rings is 2. The van der Waals surface area contributed by atoms with Gasteiger partial charge in [-0.05, 0) is 44.9 Å². The van der Waals surface area contributed by atoms with Crippen LogP contribution in [0.4, 0.5) is 11.8 Å². The third-order valence-electron chi connectivity index (χ3n) is 6.85. The molecule has 0 saturated carbocycles. The fourth-order valence-electron chi connectivity index (χ4n) is 4.56. The van der Waals surface area contributed by atoms with Gasteiger partial charge in [-0.15, -0.1) is 0 Å². The Morgan fingerprint density at radius 3 is 2.59 bits per heavy atom. The zero-order valence-corrected chi connectivity index (χ0v) is 23.4. The molecule has 5 rings (SSSR count). The van der Waals surface area contributed by atoms with E-state index in [-0.39, 0.29) is 11.7 Å². The van der Waals surface area contributed by atoms with Gasteiger partial charge in [-0.2, -0.15) is 9.97 Å². The largest absolute Gasteiger partial charge is 0.503 e. The highest BCUT2D eigenvalue weighted by Gasteiger charge is 2.15. The summed E-state index contributed by atoms with van der Waals surface area (Å²) < 4.78 is 1.97. The number of aromatic nitrogens is 5. The molecule has 212 valence electrons. The number of aromatic hydroxyl groups is 1. The Balaban J connectivity index is 1.23. The van der Waals surface area contributed by atoms with Gasteiger partial charge in [0, 0.05) is 42.7 Å². The van der Waals surface area contributed by atoms with Crippen LogP contribution in [-0.4, -0.2) is 55.2 Å². The summed E-state index contributed by atoms with van der Waals surface area (Å²) in [6, 6.07) is 12.3. The second-order valence-corrected chi connectivity index (χ2v) is 9.87. The van der Waals surface area contributed by atoms with E-state index >= 15 is 0 Å². The average Bonchev–Trinajstić information content (AvgIpc) is 3.41. The molecule has 3 heterocycles. The van der Waals surface area contributed by atoms with Crippen LogP contribution in [0.5, 0.6) is 5.75 Å². The van der Waals surface area contributed by atoms with E-state index in [0.29, 0.717) is 59.0 Å². The Bertz CT molecular complexity index is 1760. The molecule has 0 saturated heterocycles. The second kappa shape index (κ2) is 12.1. The lowest BCUT2D eigenvalue weighted by molar-refractivity contribution is 0.0953. The third kappa shape index (κ3) is 5.84. The number of anilines is 2. The summed E-state index contributed by atoms with van der Waals surface area (Å²) in [6.07, 6.45) is 3.38. The Hall–Kier alpha value is -4.93. The highest BCUT2D eigenvalue weighted by molar-refractivity contribution is 5.98. The first kappa shape index (κ1) is 27.6. The van der Waals surface area contributed by atoms with E-state index in [9.17, 15) is 14.7 Å². The SMILES string of the molecule is CCCNc1nc(NCCCNC(=O)c2ccc3c(=O)c(O)c(-c4ccc(C)cc4)[nH]c3c2)nc2c1ncn2CC. The second-order valence-electron chi connectivity index (χ2n) is 9.87. The standard InChI is InChI=1S/C30H34N8O3/c1-4-13-31-27-24-28(38(5-2)17-34-24)37-30(36-27)33-15-6-14-32-29(41)20-11-12-21-22(16-20)35-23(26(40)25(21)39)19-9-7-18(3)8-10-19/h7-12,16-17,40H,4-6,13-15H2,1-3H3,(H,32,41)(H,35,39)(H2,31,33,36,37). The number of fused-ring (bicyclic) bond motifs is 2. The van der Waals surface area contributed by atoms with Crippen LogP contribution in [-0.2, 0) is 6.54 Å². The smallest absolute Gasteiger partial charge is 0.251 e. The molecule has 3 aromatic heterocycles. The normalized spacial score (nSPS) is 11.2. The van der Waals surface area contributed by atoms with Crippen LogP contribution in [0.1, 0.15) is 42.6 Å². The van der Waals surface area contributed by atoms with Gasteiger partial charge in [0.25, 0.3) is 5.91 Å². The maximum Gasteiger partial charge on any atom is 0.251 e. The molecule has 11 nitrogen and oxygen atoms in total. The molecule has 11 heteroatoms. The van der Waals surface area contributed by atoms with Crippen molar-refractivity contribution in [2.75, 3.05) is 30.3 Å². The van der Waals surface area contributed by atoms with Gasteiger partial charge >= 0.3 is 0 Å². The number of amides is 1. The zero-order valence-electron chi connectivity index (χ0n) is 23.4. The summed E-state index contributed by atoms with van der Waals surface area (Å²) >= 11 is 0. The van der Waals surface area contributed by atoms with Gasteiger partial charge in [-0.25, -0.2) is 4.98 Å². The molecule has 0 aliphatic rings. The Morgan fingerprint density at radius 1 is 1.02 bits per heavy atom. The van der Waals surface area contributed by atoms with E-state index in [0.717, 1.165) is 36.2 Å². The number of nitrogens with one attached hydrogen (secondary N) is 4. The topological polar surface area (TPSA) is 150 Å². The van der Waals surface area contributed by atoms with Crippen molar-refractivity contribution < 1.29 is 9.90 Å². The number of aryl methyl sites for hydroxylation is 2. The van der Waals surface area contributed by atoms with Gasteiger partial charge in [0.2, 0.25) is 11.4 Å². The van der Waals surface area contributed by atoms with Crippen LogP contribution in [0.15, 0.2) is 53.6 Å². The minimum Gasteiger partial charge on any atom is -0.503 e. The number of H-pyrrole nitrogens is 1. The van der Waals surface area contributed by atoms with Gasteiger partial charge in [-0.1, -0.05) is 36.8 Å². The van der Waals surface area contributed by atoms with Crippen molar-refractivity contribution in [3.63, 3.8) is 0 Å². The molecule has 0 aliphatic heterocycles. The van der Waals surface area contributed by atoms with Crippen LogP contribution in [0, 0.1) is 6.92 Å². The molecular formula is C30H34N8O3. The van der Waals surface area contributed by atoms with Crippen LogP contribution in [0.2, 0.25) is 0 Å². The maximum atomic E-state index is 12.9. The number of rotatable bonds is 11. The van der Waals surface area contributed by atoms with E-state index in [1.807, 2.05) is 42.7 Å². The van der Waals surface area contributed by atoms with Crippen LogP contribution in [0.3, 0.4) is 0 Å². The summed E-state index contributed by atoms with van der Waals surface area (Å²) in [6.45, 7) is 8.62. The molecule has 5 aromatic rings. The van der Waals surface area contributed by atoms with Crippen molar-refractivity contribution in [1.82, 2.24) is 29.8 Å². The number of carbonyl (C=O) groups is 1. The fourth-order valence-corrected chi connectivity index (χ4v) is 4.56. The lowest BCUT2D eigenvalue weighted by Crippen LogP contribution is -2.26. The van der Waals surface area contributed by atoms with Crippen molar-refractivity contribution in [2.45, 2.75) is 40.2 Å². The maximum absolute atomic E-state index is 12.9. The van der Waals surface area contributed by atoms with Crippen LogP contribution in [0.25, 0.3) is 33.3 Å². The minimum absolute atomic E-state index is 0.256. The van der Waals surface area contributed by atoms with Gasteiger partial charge in [0.05, 0.1) is 17.5 Å². The lowest BCUT2D eigenvalue weighted by atomic mass is 10.0. The lowest BCUT2D eigenvalue weighted by Gasteiger charge is -2.11. The summed E-state index contributed by atoms with van der Waals surface area (Å²) in [5.41, 5.74) is 3.99. The van der Waals surface area contributed by atoms with E-state index < -0.39 is 5.43 Å². The molecule has 2 aromatic carbocycles. The summed E-state index contributed by atoms with van der Waals surface area (Å²) in [4.78, 5) is 42.5. The van der Waals surface area contributed by atoms with Gasteiger partial charge in [-0.3, -0.25) is 9.59 Å². The van der Waals surface area contributed by atoms with E-state index in [4.69, 9.17) is 0 Å². The molecule has 5 N–H and O–H groups in total. The van der Waals surface area contributed by atoms with E-state index in [1.165, 1.54) is 0 Å². The minimum atomic E-state index is -0.484.